The number of rotatable bonds is 4. The monoisotopic (exact) mass is 325 g/mol. The minimum Gasteiger partial charge on any atom is -0.396 e. The number of alkyl halides is 1. The van der Waals surface area contributed by atoms with E-state index >= 15 is 0 Å². The van der Waals surface area contributed by atoms with Crippen molar-refractivity contribution >= 4 is 21.8 Å². The van der Waals surface area contributed by atoms with E-state index in [-0.39, 0.29) is 12.5 Å². The second kappa shape index (κ2) is 7.06. The molecule has 1 saturated heterocycles. The molecule has 0 aromatic heterocycles. The average molecular weight is 326 g/mol. The van der Waals surface area contributed by atoms with E-state index in [4.69, 9.17) is 5.11 Å². The number of likely N-dealkylation sites (tertiary alicyclic amines) is 1. The van der Waals surface area contributed by atoms with Crippen molar-refractivity contribution in [2.24, 2.45) is 5.92 Å². The van der Waals surface area contributed by atoms with E-state index in [9.17, 15) is 4.79 Å². The number of hydrogen-bond donors (Lipinski definition) is 1. The van der Waals surface area contributed by atoms with E-state index in [0.717, 1.165) is 43.2 Å². The van der Waals surface area contributed by atoms with Crippen LogP contribution in [-0.4, -0.2) is 35.6 Å². The number of aliphatic hydroxyl groups is 1. The molecule has 1 atom stereocenters. The number of halogens is 1. The van der Waals surface area contributed by atoms with Crippen LogP contribution in [0.15, 0.2) is 24.3 Å². The van der Waals surface area contributed by atoms with E-state index in [2.05, 4.69) is 15.9 Å². The molecule has 19 heavy (non-hydrogen) atoms. The van der Waals surface area contributed by atoms with Gasteiger partial charge in [-0.15, -0.1) is 0 Å². The van der Waals surface area contributed by atoms with Crippen molar-refractivity contribution in [3.05, 3.63) is 35.4 Å². The van der Waals surface area contributed by atoms with Crippen molar-refractivity contribution in [1.29, 1.82) is 0 Å². The minimum absolute atomic E-state index is 0.115. The zero-order valence-electron chi connectivity index (χ0n) is 11.0. The van der Waals surface area contributed by atoms with Gasteiger partial charge in [-0.05, 0) is 42.9 Å². The van der Waals surface area contributed by atoms with Gasteiger partial charge in [0.15, 0.2) is 0 Å². The van der Waals surface area contributed by atoms with Crippen molar-refractivity contribution in [1.82, 2.24) is 4.90 Å². The number of aliphatic hydroxyl groups excluding tert-OH is 1. The molecule has 0 aliphatic carbocycles. The lowest BCUT2D eigenvalue weighted by molar-refractivity contribution is 0.0653. The molecule has 1 aliphatic heterocycles. The first-order chi connectivity index (χ1) is 9.24. The van der Waals surface area contributed by atoms with E-state index in [0.29, 0.717) is 5.92 Å². The first-order valence-corrected chi connectivity index (χ1v) is 7.91. The lowest BCUT2D eigenvalue weighted by Gasteiger charge is -2.32. The minimum atomic E-state index is 0.115. The van der Waals surface area contributed by atoms with Gasteiger partial charge in [-0.3, -0.25) is 4.79 Å². The van der Waals surface area contributed by atoms with Crippen LogP contribution in [0.3, 0.4) is 0 Å². The highest BCUT2D eigenvalue weighted by molar-refractivity contribution is 9.08. The summed E-state index contributed by atoms with van der Waals surface area (Å²) >= 11 is 3.40. The Morgan fingerprint density at radius 3 is 2.74 bits per heavy atom. The van der Waals surface area contributed by atoms with Crippen molar-refractivity contribution < 1.29 is 9.90 Å². The van der Waals surface area contributed by atoms with Crippen LogP contribution in [0.25, 0.3) is 0 Å². The molecule has 1 N–H and O–H groups in total. The molecule has 1 fully saturated rings. The van der Waals surface area contributed by atoms with Gasteiger partial charge in [-0.25, -0.2) is 0 Å². The molecule has 1 heterocycles. The lowest BCUT2D eigenvalue weighted by Crippen LogP contribution is -2.40. The maximum absolute atomic E-state index is 12.4. The molecule has 0 spiro atoms. The Labute approximate surface area is 122 Å². The molecular weight excluding hydrogens is 306 g/mol. The third kappa shape index (κ3) is 3.80. The number of benzene rings is 1. The zero-order valence-corrected chi connectivity index (χ0v) is 12.6. The normalized spacial score (nSPS) is 19.5. The van der Waals surface area contributed by atoms with Gasteiger partial charge in [0.1, 0.15) is 0 Å². The van der Waals surface area contributed by atoms with Crippen LogP contribution in [0.5, 0.6) is 0 Å². The summed E-state index contributed by atoms with van der Waals surface area (Å²) in [6, 6.07) is 7.76. The van der Waals surface area contributed by atoms with Gasteiger partial charge >= 0.3 is 0 Å². The quantitative estimate of drug-likeness (QED) is 0.865. The fourth-order valence-corrected chi connectivity index (χ4v) is 2.96. The Morgan fingerprint density at radius 1 is 1.37 bits per heavy atom. The molecule has 1 aliphatic rings. The number of carbonyl (C=O) groups is 1. The summed E-state index contributed by atoms with van der Waals surface area (Å²) in [4.78, 5) is 14.3. The molecule has 1 unspecified atom stereocenters. The lowest BCUT2D eigenvalue weighted by atomic mass is 9.94. The summed E-state index contributed by atoms with van der Waals surface area (Å²) in [5.41, 5.74) is 1.93. The Hall–Kier alpha value is -0.870. The smallest absolute Gasteiger partial charge is 0.253 e. The van der Waals surface area contributed by atoms with Gasteiger partial charge in [0.05, 0.1) is 0 Å². The van der Waals surface area contributed by atoms with Gasteiger partial charge in [0, 0.05) is 30.6 Å². The Bertz CT molecular complexity index is 417. The van der Waals surface area contributed by atoms with E-state index in [1.165, 1.54) is 5.56 Å². The Kier molecular flexibility index (Phi) is 5.40. The largest absolute Gasteiger partial charge is 0.396 e. The molecule has 4 heteroatoms. The second-order valence-electron chi connectivity index (χ2n) is 5.10. The van der Waals surface area contributed by atoms with Crippen LogP contribution in [0.4, 0.5) is 0 Å². The van der Waals surface area contributed by atoms with Crippen LogP contribution in [0.1, 0.15) is 35.2 Å². The van der Waals surface area contributed by atoms with Gasteiger partial charge in [-0.1, -0.05) is 28.1 Å². The number of carbonyl (C=O) groups excluding carboxylic acids is 1. The maximum Gasteiger partial charge on any atom is 0.253 e. The fourth-order valence-electron chi connectivity index (χ4n) is 2.59. The molecule has 0 saturated carbocycles. The summed E-state index contributed by atoms with van der Waals surface area (Å²) in [6.07, 6.45) is 2.95. The SMILES string of the molecule is O=C(c1ccc(CBr)cc1)N1CCCC(CCO)C1. The Balaban J connectivity index is 2.01. The van der Waals surface area contributed by atoms with Crippen molar-refractivity contribution in [3.8, 4) is 0 Å². The van der Waals surface area contributed by atoms with Crippen LogP contribution >= 0.6 is 15.9 Å². The first-order valence-electron chi connectivity index (χ1n) is 6.79. The molecule has 104 valence electrons. The number of nitrogens with zero attached hydrogens (tertiary/aromatic N) is 1. The first kappa shape index (κ1) is 14.5. The third-order valence-electron chi connectivity index (χ3n) is 3.70. The van der Waals surface area contributed by atoms with Crippen molar-refractivity contribution in [3.63, 3.8) is 0 Å². The number of hydrogen-bond acceptors (Lipinski definition) is 2. The summed E-state index contributed by atoms with van der Waals surface area (Å²) in [7, 11) is 0. The van der Waals surface area contributed by atoms with Crippen LogP contribution in [0.2, 0.25) is 0 Å². The summed E-state index contributed by atoms with van der Waals surface area (Å²) in [6.45, 7) is 1.83. The number of amides is 1. The molecular formula is C15H20BrNO2. The summed E-state index contributed by atoms with van der Waals surface area (Å²) < 4.78 is 0. The van der Waals surface area contributed by atoms with Gasteiger partial charge < -0.3 is 10.0 Å². The van der Waals surface area contributed by atoms with Crippen molar-refractivity contribution in [2.45, 2.75) is 24.6 Å². The standard InChI is InChI=1S/C15H20BrNO2/c16-10-12-3-5-14(6-4-12)15(19)17-8-1-2-13(11-17)7-9-18/h3-6,13,18H,1-2,7-11H2. The van der Waals surface area contributed by atoms with Gasteiger partial charge in [-0.2, -0.15) is 0 Å². The molecule has 0 bridgehead atoms. The molecule has 0 radical (unpaired) electrons. The maximum atomic E-state index is 12.4. The van der Waals surface area contributed by atoms with Crippen LogP contribution in [0, 0.1) is 5.92 Å². The predicted octanol–water partition coefficient (Wildman–Crippen LogP) is 2.82. The third-order valence-corrected chi connectivity index (χ3v) is 4.35. The van der Waals surface area contributed by atoms with E-state index in [1.807, 2.05) is 29.2 Å². The molecule has 1 aromatic carbocycles. The molecule has 2 rings (SSSR count). The zero-order chi connectivity index (χ0) is 13.7. The van der Waals surface area contributed by atoms with Gasteiger partial charge in [0.25, 0.3) is 5.91 Å². The highest BCUT2D eigenvalue weighted by Gasteiger charge is 2.23. The molecule has 1 aromatic rings. The van der Waals surface area contributed by atoms with Crippen molar-refractivity contribution in [2.75, 3.05) is 19.7 Å². The fraction of sp³-hybridized carbons (Fsp3) is 0.533. The average Bonchev–Trinajstić information content (AvgIpc) is 2.47. The Morgan fingerprint density at radius 2 is 2.11 bits per heavy atom. The topological polar surface area (TPSA) is 40.5 Å². The highest BCUT2D eigenvalue weighted by Crippen LogP contribution is 2.21. The van der Waals surface area contributed by atoms with Gasteiger partial charge in [0.2, 0.25) is 0 Å². The molecule has 3 nitrogen and oxygen atoms in total. The highest BCUT2D eigenvalue weighted by atomic mass is 79.9. The molecule has 1 amide bonds. The van der Waals surface area contributed by atoms with Crippen LogP contribution < -0.4 is 0 Å². The second-order valence-corrected chi connectivity index (χ2v) is 5.66. The van der Waals surface area contributed by atoms with E-state index in [1.54, 1.807) is 0 Å². The summed E-state index contributed by atoms with van der Waals surface area (Å²) in [5.74, 6) is 0.563. The van der Waals surface area contributed by atoms with E-state index < -0.39 is 0 Å². The summed E-state index contributed by atoms with van der Waals surface area (Å²) in [5, 5.41) is 9.82. The van der Waals surface area contributed by atoms with Crippen LogP contribution in [-0.2, 0) is 5.33 Å². The predicted molar refractivity (Wildman–Crippen MR) is 79.4 cm³/mol. The number of piperidine rings is 1.